The van der Waals surface area contributed by atoms with Crippen LogP contribution in [0, 0.1) is 0 Å². The van der Waals surface area contributed by atoms with Crippen molar-refractivity contribution in [2.75, 3.05) is 26.2 Å². The van der Waals surface area contributed by atoms with Gasteiger partial charge in [0, 0.05) is 13.1 Å². The maximum absolute atomic E-state index is 14.3. The van der Waals surface area contributed by atoms with Crippen LogP contribution in [0.2, 0.25) is 0 Å². The topological polar surface area (TPSA) is 101 Å². The van der Waals surface area contributed by atoms with Crippen LogP contribution < -0.4 is 0 Å². The molecule has 4 aromatic rings. The molecule has 1 saturated carbocycles. The predicted molar refractivity (Wildman–Crippen MR) is 176 cm³/mol. The van der Waals surface area contributed by atoms with E-state index in [9.17, 15) is 9.59 Å². The number of amides is 2. The largest absolute Gasteiger partial charge is 0.339 e. The summed E-state index contributed by atoms with van der Waals surface area (Å²) in [5.74, 6) is 2.05. The molecule has 0 bridgehead atoms. The Bertz CT molecular complexity index is 1670. The summed E-state index contributed by atoms with van der Waals surface area (Å²) in [5, 5.41) is 0. The highest BCUT2D eigenvalue weighted by Crippen LogP contribution is 2.51. The van der Waals surface area contributed by atoms with Gasteiger partial charge in [0.2, 0.25) is 11.8 Å². The lowest BCUT2D eigenvalue weighted by molar-refractivity contribution is -0.139. The van der Waals surface area contributed by atoms with Crippen molar-refractivity contribution in [3.8, 4) is 11.4 Å². The lowest BCUT2D eigenvalue weighted by Crippen LogP contribution is -2.44. The van der Waals surface area contributed by atoms with E-state index in [1.165, 1.54) is 6.42 Å². The van der Waals surface area contributed by atoms with Crippen LogP contribution >= 0.6 is 0 Å². The third-order valence-electron chi connectivity index (χ3n) is 10.8. The fourth-order valence-corrected chi connectivity index (χ4v) is 8.16. The molecule has 0 unspecified atom stereocenters. The summed E-state index contributed by atoms with van der Waals surface area (Å²) in [6.45, 7) is 3.40. The molecule has 2 amide bonds. The van der Waals surface area contributed by atoms with E-state index in [-0.39, 0.29) is 35.4 Å². The number of carbonyl (C=O) groups excluding carboxylic acids is 2. The summed E-state index contributed by atoms with van der Waals surface area (Å²) in [5.41, 5.74) is 3.52. The number of piperidine rings is 1. The summed E-state index contributed by atoms with van der Waals surface area (Å²) < 4.78 is 0. The van der Waals surface area contributed by atoms with E-state index in [1.54, 1.807) is 0 Å². The molecule has 2 aromatic carbocycles. The summed E-state index contributed by atoms with van der Waals surface area (Å²) in [6, 6.07) is 20.1. The van der Waals surface area contributed by atoms with E-state index >= 15 is 0 Å². The summed E-state index contributed by atoms with van der Waals surface area (Å²) in [7, 11) is 0. The average Bonchev–Trinajstić information content (AvgIpc) is 3.63. The van der Waals surface area contributed by atoms with Crippen LogP contribution in [-0.2, 0) is 15.0 Å². The summed E-state index contributed by atoms with van der Waals surface area (Å²) >= 11 is 0. The van der Waals surface area contributed by atoms with Crippen molar-refractivity contribution in [2.24, 2.45) is 0 Å². The normalized spacial score (nSPS) is 23.5. The van der Waals surface area contributed by atoms with E-state index in [0.717, 1.165) is 112 Å². The van der Waals surface area contributed by atoms with Crippen molar-refractivity contribution in [1.82, 2.24) is 34.6 Å². The van der Waals surface area contributed by atoms with Crippen LogP contribution in [0.4, 0.5) is 0 Å². The SMILES string of the molecule is O=C([C@@H](c1ccccc1)N1CCCCC1)N1CCC[C@H]1c1ncc(-c2cnc([C@@H]3CCCN3C(=O)C3(c4ccccc4)CC3)[nH]2)[nH]1. The Morgan fingerprint density at radius 2 is 1.26 bits per heavy atom. The number of rotatable bonds is 8. The first-order chi connectivity index (χ1) is 22.6. The molecule has 1 aliphatic carbocycles. The lowest BCUT2D eigenvalue weighted by atomic mass is 9.94. The van der Waals surface area contributed by atoms with Crippen LogP contribution in [0.25, 0.3) is 11.4 Å². The Kier molecular flexibility index (Phi) is 7.72. The number of aromatic nitrogens is 4. The number of carbonyl (C=O) groups is 2. The zero-order valence-corrected chi connectivity index (χ0v) is 26.4. The molecule has 238 valence electrons. The van der Waals surface area contributed by atoms with E-state index in [1.807, 2.05) is 48.8 Å². The minimum Gasteiger partial charge on any atom is -0.339 e. The third kappa shape index (κ3) is 5.24. The highest BCUT2D eigenvalue weighted by Gasteiger charge is 2.54. The van der Waals surface area contributed by atoms with Crippen LogP contribution in [0.1, 0.15) is 98.7 Å². The van der Waals surface area contributed by atoms with Gasteiger partial charge >= 0.3 is 0 Å². The first-order valence-electron chi connectivity index (χ1n) is 17.2. The Balaban J connectivity index is 0.999. The standard InChI is InChI=1S/C37H43N7O2/c45-35(32(26-12-4-1-5-13-26)42-20-8-3-9-21-42)43-22-10-16-30(43)33-38-24-28(40-33)29-25-39-34(41-29)31-17-11-23-44(31)36(46)37(18-19-37)27-14-6-2-7-15-27/h1-2,4-7,12-15,24-25,30-32H,3,8-11,16-23H2,(H,38,40)(H,39,41)/t30-,31-,32+/m0/s1. The zero-order chi connectivity index (χ0) is 31.1. The molecule has 0 spiro atoms. The second-order valence-electron chi connectivity index (χ2n) is 13.6. The number of likely N-dealkylation sites (tertiary alicyclic amines) is 3. The Morgan fingerprint density at radius 1 is 0.696 bits per heavy atom. The second kappa shape index (κ2) is 12.2. The Labute approximate surface area is 270 Å². The number of benzene rings is 2. The molecule has 2 aromatic heterocycles. The molecule has 0 radical (unpaired) electrons. The maximum Gasteiger partial charge on any atom is 0.245 e. The minimum absolute atomic E-state index is 0.0579. The number of imidazole rings is 2. The van der Waals surface area contributed by atoms with Crippen molar-refractivity contribution in [3.63, 3.8) is 0 Å². The van der Waals surface area contributed by atoms with Gasteiger partial charge < -0.3 is 19.8 Å². The summed E-state index contributed by atoms with van der Waals surface area (Å²) in [6.07, 6.45) is 12.7. The zero-order valence-electron chi connectivity index (χ0n) is 26.4. The second-order valence-corrected chi connectivity index (χ2v) is 13.6. The average molecular weight is 618 g/mol. The fourth-order valence-electron chi connectivity index (χ4n) is 8.16. The monoisotopic (exact) mass is 617 g/mol. The smallest absolute Gasteiger partial charge is 0.245 e. The number of nitrogens with one attached hydrogen (secondary N) is 2. The maximum atomic E-state index is 14.3. The molecule has 3 aliphatic heterocycles. The van der Waals surface area contributed by atoms with Gasteiger partial charge in [0.1, 0.15) is 17.7 Å². The van der Waals surface area contributed by atoms with E-state index in [2.05, 4.69) is 48.9 Å². The molecule has 3 atom stereocenters. The van der Waals surface area contributed by atoms with E-state index in [4.69, 9.17) is 9.97 Å². The van der Waals surface area contributed by atoms with Crippen molar-refractivity contribution in [2.45, 2.75) is 81.3 Å². The molecule has 46 heavy (non-hydrogen) atoms. The molecule has 3 saturated heterocycles. The molecule has 5 heterocycles. The first-order valence-corrected chi connectivity index (χ1v) is 17.2. The number of H-pyrrole nitrogens is 2. The molecule has 4 aliphatic rings. The molecule has 2 N–H and O–H groups in total. The van der Waals surface area contributed by atoms with Gasteiger partial charge in [0.15, 0.2) is 0 Å². The Hall–Kier alpha value is -4.24. The van der Waals surface area contributed by atoms with Gasteiger partial charge in [0.05, 0.1) is 41.3 Å². The van der Waals surface area contributed by atoms with Crippen molar-refractivity contribution in [3.05, 3.63) is 95.8 Å². The van der Waals surface area contributed by atoms with Gasteiger partial charge in [-0.3, -0.25) is 14.5 Å². The lowest BCUT2D eigenvalue weighted by Gasteiger charge is -2.37. The van der Waals surface area contributed by atoms with E-state index in [0.29, 0.717) is 0 Å². The molecule has 9 nitrogen and oxygen atoms in total. The van der Waals surface area contributed by atoms with Gasteiger partial charge in [-0.2, -0.15) is 0 Å². The number of aromatic amines is 2. The number of hydrogen-bond donors (Lipinski definition) is 2. The quantitative estimate of drug-likeness (QED) is 0.249. The molecule has 4 fully saturated rings. The molecule has 9 heteroatoms. The third-order valence-corrected chi connectivity index (χ3v) is 10.8. The van der Waals surface area contributed by atoms with Crippen molar-refractivity contribution < 1.29 is 9.59 Å². The summed E-state index contributed by atoms with van der Waals surface area (Å²) in [4.78, 5) is 51.3. The van der Waals surface area contributed by atoms with Crippen molar-refractivity contribution in [1.29, 1.82) is 0 Å². The predicted octanol–water partition coefficient (Wildman–Crippen LogP) is 6.09. The van der Waals surface area contributed by atoms with Crippen LogP contribution in [0.15, 0.2) is 73.1 Å². The fraction of sp³-hybridized carbons (Fsp3) is 0.459. The van der Waals surface area contributed by atoms with Gasteiger partial charge in [-0.05, 0) is 75.6 Å². The minimum atomic E-state index is -0.379. The van der Waals surface area contributed by atoms with Crippen LogP contribution in [0.3, 0.4) is 0 Å². The number of hydrogen-bond acceptors (Lipinski definition) is 5. The molecule has 8 rings (SSSR count). The van der Waals surface area contributed by atoms with Crippen LogP contribution in [-0.4, -0.2) is 72.6 Å². The number of nitrogens with zero attached hydrogens (tertiary/aromatic N) is 5. The highest BCUT2D eigenvalue weighted by atomic mass is 16.2. The van der Waals surface area contributed by atoms with Gasteiger partial charge in [-0.15, -0.1) is 0 Å². The van der Waals surface area contributed by atoms with E-state index < -0.39 is 0 Å². The van der Waals surface area contributed by atoms with Gasteiger partial charge in [-0.1, -0.05) is 67.1 Å². The first kappa shape index (κ1) is 29.2. The molecular formula is C37H43N7O2. The van der Waals surface area contributed by atoms with Gasteiger partial charge in [0.25, 0.3) is 0 Å². The van der Waals surface area contributed by atoms with Gasteiger partial charge in [-0.25, -0.2) is 9.97 Å². The van der Waals surface area contributed by atoms with Crippen molar-refractivity contribution >= 4 is 11.8 Å². The Morgan fingerprint density at radius 3 is 1.87 bits per heavy atom. The van der Waals surface area contributed by atoms with Crippen LogP contribution in [0.5, 0.6) is 0 Å². The molecular weight excluding hydrogens is 574 g/mol. The highest BCUT2D eigenvalue weighted by molar-refractivity contribution is 5.91.